The SMILES string of the molecule is COc1ccc(C(=O)Cc2ccccc2F)c(N)c1. The number of Topliss-reactive ketones (excluding diaryl/α,β-unsaturated/α-hetero) is 1. The fourth-order valence-electron chi connectivity index (χ4n) is 1.83. The number of hydrogen-bond donors (Lipinski definition) is 1. The van der Waals surface area contributed by atoms with Crippen molar-refractivity contribution in [2.45, 2.75) is 6.42 Å². The van der Waals surface area contributed by atoms with E-state index in [-0.39, 0.29) is 18.0 Å². The molecule has 2 N–H and O–H groups in total. The van der Waals surface area contributed by atoms with Gasteiger partial charge in [-0.15, -0.1) is 0 Å². The van der Waals surface area contributed by atoms with E-state index in [1.807, 2.05) is 0 Å². The van der Waals surface area contributed by atoms with E-state index < -0.39 is 0 Å². The molecule has 98 valence electrons. The Hall–Kier alpha value is -2.36. The molecular weight excluding hydrogens is 245 g/mol. The number of carbonyl (C=O) groups excluding carboxylic acids is 1. The maximum atomic E-state index is 13.5. The predicted octanol–water partition coefficient (Wildman–Crippen LogP) is 2.84. The maximum absolute atomic E-state index is 13.5. The minimum absolute atomic E-state index is 0.0107. The molecule has 4 heteroatoms. The highest BCUT2D eigenvalue weighted by atomic mass is 19.1. The Kier molecular flexibility index (Phi) is 3.80. The lowest BCUT2D eigenvalue weighted by atomic mass is 10.0. The molecule has 0 aliphatic carbocycles. The number of nitrogen functional groups attached to an aromatic ring is 1. The average Bonchev–Trinajstić information content (AvgIpc) is 2.41. The van der Waals surface area contributed by atoms with Gasteiger partial charge in [-0.25, -0.2) is 4.39 Å². The molecule has 0 saturated carbocycles. The number of nitrogens with two attached hydrogens (primary N) is 1. The zero-order valence-electron chi connectivity index (χ0n) is 10.5. The number of halogens is 1. The third kappa shape index (κ3) is 2.91. The molecule has 0 aliphatic heterocycles. The van der Waals surface area contributed by atoms with E-state index in [0.717, 1.165) is 0 Å². The van der Waals surface area contributed by atoms with Crippen LogP contribution in [0.1, 0.15) is 15.9 Å². The summed E-state index contributed by atoms with van der Waals surface area (Å²) in [6.45, 7) is 0. The van der Waals surface area contributed by atoms with Crippen molar-refractivity contribution >= 4 is 11.5 Å². The molecule has 2 rings (SSSR count). The van der Waals surface area contributed by atoms with Crippen molar-refractivity contribution in [3.63, 3.8) is 0 Å². The predicted molar refractivity (Wildman–Crippen MR) is 71.8 cm³/mol. The average molecular weight is 259 g/mol. The molecule has 0 aromatic heterocycles. The molecule has 2 aromatic carbocycles. The highest BCUT2D eigenvalue weighted by molar-refractivity contribution is 6.02. The van der Waals surface area contributed by atoms with Crippen LogP contribution in [-0.4, -0.2) is 12.9 Å². The molecule has 0 atom stereocenters. The van der Waals surface area contributed by atoms with E-state index in [4.69, 9.17) is 10.5 Å². The van der Waals surface area contributed by atoms with E-state index in [1.54, 1.807) is 36.4 Å². The Labute approximate surface area is 110 Å². The third-order valence-electron chi connectivity index (χ3n) is 2.87. The molecule has 0 bridgehead atoms. The van der Waals surface area contributed by atoms with Crippen LogP contribution in [0, 0.1) is 5.82 Å². The Balaban J connectivity index is 2.23. The summed E-state index contributed by atoms with van der Waals surface area (Å²) in [4.78, 5) is 12.1. The van der Waals surface area contributed by atoms with Gasteiger partial charge in [0.15, 0.2) is 5.78 Å². The highest BCUT2D eigenvalue weighted by Gasteiger charge is 2.13. The number of ether oxygens (including phenoxy) is 1. The van der Waals surface area contributed by atoms with Crippen LogP contribution in [-0.2, 0) is 6.42 Å². The zero-order valence-corrected chi connectivity index (χ0v) is 10.5. The van der Waals surface area contributed by atoms with Gasteiger partial charge in [0.2, 0.25) is 0 Å². The van der Waals surface area contributed by atoms with Gasteiger partial charge in [0.25, 0.3) is 0 Å². The lowest BCUT2D eigenvalue weighted by Crippen LogP contribution is -2.08. The molecule has 3 nitrogen and oxygen atoms in total. The smallest absolute Gasteiger partial charge is 0.169 e. The molecule has 0 radical (unpaired) electrons. The van der Waals surface area contributed by atoms with Crippen molar-refractivity contribution in [3.8, 4) is 5.75 Å². The zero-order chi connectivity index (χ0) is 13.8. The van der Waals surface area contributed by atoms with Crippen molar-refractivity contribution in [1.82, 2.24) is 0 Å². The largest absolute Gasteiger partial charge is 0.497 e. The van der Waals surface area contributed by atoms with Gasteiger partial charge in [0.1, 0.15) is 11.6 Å². The summed E-state index contributed by atoms with van der Waals surface area (Å²) >= 11 is 0. The molecule has 2 aromatic rings. The first-order valence-electron chi connectivity index (χ1n) is 5.82. The van der Waals surface area contributed by atoms with Crippen LogP contribution >= 0.6 is 0 Å². The van der Waals surface area contributed by atoms with Gasteiger partial charge in [-0.05, 0) is 23.8 Å². The van der Waals surface area contributed by atoms with Crippen LogP contribution in [0.25, 0.3) is 0 Å². The number of anilines is 1. The molecule has 0 unspecified atom stereocenters. The summed E-state index contributed by atoms with van der Waals surface area (Å²) in [6.07, 6.45) is -0.0107. The van der Waals surface area contributed by atoms with Crippen molar-refractivity contribution in [2.75, 3.05) is 12.8 Å². The van der Waals surface area contributed by atoms with Crippen molar-refractivity contribution in [2.24, 2.45) is 0 Å². The van der Waals surface area contributed by atoms with Gasteiger partial charge in [-0.3, -0.25) is 4.79 Å². The van der Waals surface area contributed by atoms with Gasteiger partial charge < -0.3 is 10.5 Å². The lowest BCUT2D eigenvalue weighted by Gasteiger charge is -2.07. The summed E-state index contributed by atoms with van der Waals surface area (Å²) in [5.74, 6) is -0.0203. The monoisotopic (exact) mass is 259 g/mol. The quantitative estimate of drug-likeness (QED) is 0.678. The maximum Gasteiger partial charge on any atom is 0.169 e. The van der Waals surface area contributed by atoms with E-state index in [1.165, 1.54) is 13.2 Å². The first kappa shape index (κ1) is 13.1. The molecule has 0 spiro atoms. The molecule has 19 heavy (non-hydrogen) atoms. The summed E-state index contributed by atoms with van der Waals surface area (Å²) in [5.41, 5.74) is 6.87. The first-order chi connectivity index (χ1) is 9.11. The number of carbonyl (C=O) groups is 1. The molecule has 0 fully saturated rings. The Morgan fingerprint density at radius 2 is 2.00 bits per heavy atom. The Morgan fingerprint density at radius 1 is 1.26 bits per heavy atom. The van der Waals surface area contributed by atoms with Gasteiger partial charge >= 0.3 is 0 Å². The number of benzene rings is 2. The fraction of sp³-hybridized carbons (Fsp3) is 0.133. The van der Waals surface area contributed by atoms with Gasteiger partial charge in [-0.1, -0.05) is 18.2 Å². The molecule has 0 saturated heterocycles. The molecule has 0 aliphatic rings. The van der Waals surface area contributed by atoms with E-state index in [2.05, 4.69) is 0 Å². The molecule has 0 amide bonds. The van der Waals surface area contributed by atoms with Crippen LogP contribution in [0.4, 0.5) is 10.1 Å². The van der Waals surface area contributed by atoms with E-state index in [9.17, 15) is 9.18 Å². The minimum atomic E-state index is -0.386. The van der Waals surface area contributed by atoms with E-state index in [0.29, 0.717) is 22.6 Å². The normalized spacial score (nSPS) is 10.2. The number of hydrogen-bond acceptors (Lipinski definition) is 3. The van der Waals surface area contributed by atoms with Crippen LogP contribution in [0.15, 0.2) is 42.5 Å². The lowest BCUT2D eigenvalue weighted by molar-refractivity contribution is 0.0992. The molecule has 0 heterocycles. The van der Waals surface area contributed by atoms with Crippen LogP contribution in [0.5, 0.6) is 5.75 Å². The highest BCUT2D eigenvalue weighted by Crippen LogP contribution is 2.21. The van der Waals surface area contributed by atoms with Gasteiger partial charge in [-0.2, -0.15) is 0 Å². The fourth-order valence-corrected chi connectivity index (χ4v) is 1.83. The number of rotatable bonds is 4. The second-order valence-electron chi connectivity index (χ2n) is 4.14. The standard InChI is InChI=1S/C15H14FNO2/c1-19-11-6-7-12(14(17)9-11)15(18)8-10-4-2-3-5-13(10)16/h2-7,9H,8,17H2,1H3. The second kappa shape index (κ2) is 5.52. The second-order valence-corrected chi connectivity index (χ2v) is 4.14. The number of ketones is 1. The van der Waals surface area contributed by atoms with Crippen molar-refractivity contribution in [3.05, 3.63) is 59.4 Å². The first-order valence-corrected chi connectivity index (χ1v) is 5.82. The van der Waals surface area contributed by atoms with Crippen molar-refractivity contribution < 1.29 is 13.9 Å². The van der Waals surface area contributed by atoms with Crippen LogP contribution < -0.4 is 10.5 Å². The Morgan fingerprint density at radius 3 is 2.63 bits per heavy atom. The summed E-state index contributed by atoms with van der Waals surface area (Å²) in [7, 11) is 1.52. The Bertz CT molecular complexity index is 611. The summed E-state index contributed by atoms with van der Waals surface area (Å²) in [6, 6.07) is 11.0. The summed E-state index contributed by atoms with van der Waals surface area (Å²) < 4.78 is 18.5. The molecular formula is C15H14FNO2. The topological polar surface area (TPSA) is 52.3 Å². The van der Waals surface area contributed by atoms with Crippen LogP contribution in [0.3, 0.4) is 0 Å². The van der Waals surface area contributed by atoms with Crippen LogP contribution in [0.2, 0.25) is 0 Å². The van der Waals surface area contributed by atoms with Gasteiger partial charge in [0, 0.05) is 23.7 Å². The van der Waals surface area contributed by atoms with Gasteiger partial charge in [0.05, 0.1) is 7.11 Å². The third-order valence-corrected chi connectivity index (χ3v) is 2.87. The number of methoxy groups -OCH3 is 1. The summed E-state index contributed by atoms with van der Waals surface area (Å²) in [5, 5.41) is 0. The van der Waals surface area contributed by atoms with Crippen molar-refractivity contribution in [1.29, 1.82) is 0 Å². The van der Waals surface area contributed by atoms with E-state index >= 15 is 0 Å². The minimum Gasteiger partial charge on any atom is -0.497 e.